The van der Waals surface area contributed by atoms with Crippen molar-refractivity contribution in [2.75, 3.05) is 11.1 Å². The van der Waals surface area contributed by atoms with Crippen molar-refractivity contribution in [2.24, 2.45) is 0 Å². The van der Waals surface area contributed by atoms with Crippen LogP contribution in [0.3, 0.4) is 0 Å². The molecule has 0 saturated heterocycles. The number of thioether (sulfide) groups is 1. The van der Waals surface area contributed by atoms with E-state index in [4.69, 9.17) is 16.3 Å². The quantitative estimate of drug-likeness (QED) is 0.407. The summed E-state index contributed by atoms with van der Waals surface area (Å²) in [5.74, 6) is 0.688. The Hall–Kier alpha value is -2.72. The van der Waals surface area contributed by atoms with Crippen molar-refractivity contribution in [1.29, 1.82) is 0 Å². The number of nitrogens with zero attached hydrogens (tertiary/aromatic N) is 3. The molecule has 0 saturated carbocycles. The summed E-state index contributed by atoms with van der Waals surface area (Å²) in [6.07, 6.45) is -4.91. The van der Waals surface area contributed by atoms with Gasteiger partial charge in [0.15, 0.2) is 17.1 Å². The standard InChI is InChI=1S/C21H20ClF3N4O2S/c1-3-29-19(13(2)31-15-7-5-4-6-8-15)27-28-20(29)32-12-18(30)26-17-11-14(21(23,24)25)9-10-16(17)22/h4-11,13H,3,12H2,1-2H3,(H,26,30). The fourth-order valence-electron chi connectivity index (χ4n) is 2.87. The molecule has 2 aromatic carbocycles. The monoisotopic (exact) mass is 484 g/mol. The number of halogens is 4. The topological polar surface area (TPSA) is 69.0 Å². The summed E-state index contributed by atoms with van der Waals surface area (Å²) in [7, 11) is 0. The number of hydrogen-bond acceptors (Lipinski definition) is 5. The van der Waals surface area contributed by atoms with Gasteiger partial charge in [-0.05, 0) is 44.2 Å². The molecule has 1 aromatic heterocycles. The number of alkyl halides is 3. The maximum Gasteiger partial charge on any atom is 0.416 e. The highest BCUT2D eigenvalue weighted by Gasteiger charge is 2.31. The number of anilines is 1. The first-order valence-electron chi connectivity index (χ1n) is 9.63. The third-order valence-electron chi connectivity index (χ3n) is 4.38. The largest absolute Gasteiger partial charge is 0.483 e. The van der Waals surface area contributed by atoms with Crippen LogP contribution in [-0.4, -0.2) is 26.4 Å². The third kappa shape index (κ3) is 5.95. The molecule has 1 amide bonds. The third-order valence-corrected chi connectivity index (χ3v) is 5.68. The molecule has 1 atom stereocenters. The number of para-hydroxylation sites is 1. The lowest BCUT2D eigenvalue weighted by molar-refractivity contribution is -0.137. The lowest BCUT2D eigenvalue weighted by atomic mass is 10.2. The predicted molar refractivity (Wildman–Crippen MR) is 117 cm³/mol. The molecule has 0 aliphatic rings. The molecular weight excluding hydrogens is 465 g/mol. The fraction of sp³-hybridized carbons (Fsp3) is 0.286. The number of carbonyl (C=O) groups is 1. The van der Waals surface area contributed by atoms with Gasteiger partial charge < -0.3 is 14.6 Å². The van der Waals surface area contributed by atoms with E-state index in [2.05, 4.69) is 15.5 Å². The molecule has 11 heteroatoms. The Bertz CT molecular complexity index is 1080. The predicted octanol–water partition coefficient (Wildman–Crippen LogP) is 5.84. The van der Waals surface area contributed by atoms with Gasteiger partial charge in [0.05, 0.1) is 22.0 Å². The van der Waals surface area contributed by atoms with Crippen molar-refractivity contribution < 1.29 is 22.7 Å². The van der Waals surface area contributed by atoms with Crippen LogP contribution >= 0.6 is 23.4 Å². The number of aromatic nitrogens is 3. The van der Waals surface area contributed by atoms with Gasteiger partial charge in [0, 0.05) is 6.54 Å². The van der Waals surface area contributed by atoms with E-state index in [9.17, 15) is 18.0 Å². The maximum atomic E-state index is 12.9. The Morgan fingerprint density at radius 3 is 2.59 bits per heavy atom. The van der Waals surface area contributed by atoms with E-state index in [-0.39, 0.29) is 22.6 Å². The zero-order valence-electron chi connectivity index (χ0n) is 17.2. The summed E-state index contributed by atoms with van der Waals surface area (Å²) in [5, 5.41) is 11.3. The Balaban J connectivity index is 1.65. The Kier molecular flexibility index (Phi) is 7.68. The minimum atomic E-state index is -4.54. The number of hydrogen-bond donors (Lipinski definition) is 1. The minimum Gasteiger partial charge on any atom is -0.483 e. The van der Waals surface area contributed by atoms with Gasteiger partial charge in [-0.25, -0.2) is 0 Å². The van der Waals surface area contributed by atoms with Crippen LogP contribution < -0.4 is 10.1 Å². The molecule has 0 fully saturated rings. The summed E-state index contributed by atoms with van der Waals surface area (Å²) in [6, 6.07) is 12.0. The second-order valence-corrected chi connectivity index (χ2v) is 8.04. The van der Waals surface area contributed by atoms with Crippen molar-refractivity contribution in [3.05, 3.63) is 64.9 Å². The van der Waals surface area contributed by atoms with Crippen LogP contribution in [0.2, 0.25) is 5.02 Å². The summed E-state index contributed by atoms with van der Waals surface area (Å²) in [6.45, 7) is 4.31. The minimum absolute atomic E-state index is 0.0160. The average molecular weight is 485 g/mol. The van der Waals surface area contributed by atoms with Crippen LogP contribution in [-0.2, 0) is 17.5 Å². The summed E-state index contributed by atoms with van der Waals surface area (Å²) < 4.78 is 46.4. The van der Waals surface area contributed by atoms with E-state index in [1.54, 1.807) is 0 Å². The molecule has 3 aromatic rings. The van der Waals surface area contributed by atoms with Gasteiger partial charge in [-0.3, -0.25) is 4.79 Å². The Labute approximate surface area is 192 Å². The molecule has 6 nitrogen and oxygen atoms in total. The van der Waals surface area contributed by atoms with Crippen LogP contribution in [0.1, 0.15) is 31.3 Å². The van der Waals surface area contributed by atoms with Gasteiger partial charge in [-0.15, -0.1) is 10.2 Å². The van der Waals surface area contributed by atoms with E-state index in [1.807, 2.05) is 48.7 Å². The van der Waals surface area contributed by atoms with Gasteiger partial charge >= 0.3 is 6.18 Å². The number of amides is 1. The van der Waals surface area contributed by atoms with Crippen LogP contribution in [0.5, 0.6) is 5.75 Å². The van der Waals surface area contributed by atoms with Crippen molar-refractivity contribution in [1.82, 2.24) is 14.8 Å². The van der Waals surface area contributed by atoms with Gasteiger partial charge in [0.25, 0.3) is 0 Å². The van der Waals surface area contributed by atoms with E-state index in [0.717, 1.165) is 30.0 Å². The Morgan fingerprint density at radius 1 is 1.22 bits per heavy atom. The molecular formula is C21H20ClF3N4O2S. The molecule has 3 rings (SSSR count). The lowest BCUT2D eigenvalue weighted by Crippen LogP contribution is -2.16. The molecule has 1 N–H and O–H groups in total. The second kappa shape index (κ2) is 10.3. The number of ether oxygens (including phenoxy) is 1. The van der Waals surface area contributed by atoms with Crippen molar-refractivity contribution in [2.45, 2.75) is 37.8 Å². The van der Waals surface area contributed by atoms with E-state index in [1.165, 1.54) is 0 Å². The zero-order valence-corrected chi connectivity index (χ0v) is 18.8. The van der Waals surface area contributed by atoms with Gasteiger partial charge in [0.1, 0.15) is 5.75 Å². The van der Waals surface area contributed by atoms with Crippen LogP contribution in [0, 0.1) is 0 Å². The smallest absolute Gasteiger partial charge is 0.416 e. The summed E-state index contributed by atoms with van der Waals surface area (Å²) >= 11 is 7.05. The Morgan fingerprint density at radius 2 is 1.94 bits per heavy atom. The van der Waals surface area contributed by atoms with Crippen LogP contribution in [0.15, 0.2) is 53.7 Å². The maximum absolute atomic E-state index is 12.9. The van der Waals surface area contributed by atoms with E-state index >= 15 is 0 Å². The van der Waals surface area contributed by atoms with E-state index in [0.29, 0.717) is 23.3 Å². The molecule has 0 bridgehead atoms. The number of rotatable bonds is 8. The molecule has 0 radical (unpaired) electrons. The normalized spacial score (nSPS) is 12.4. The highest BCUT2D eigenvalue weighted by atomic mass is 35.5. The number of carbonyl (C=O) groups excluding carboxylic acids is 1. The second-order valence-electron chi connectivity index (χ2n) is 6.69. The SMILES string of the molecule is CCn1c(SCC(=O)Nc2cc(C(F)(F)F)ccc2Cl)nnc1C(C)Oc1ccccc1. The molecule has 0 aliphatic heterocycles. The first kappa shape index (κ1) is 23.9. The van der Waals surface area contributed by atoms with Crippen LogP contribution in [0.25, 0.3) is 0 Å². The highest BCUT2D eigenvalue weighted by molar-refractivity contribution is 7.99. The average Bonchev–Trinajstić information content (AvgIpc) is 3.17. The van der Waals surface area contributed by atoms with Gasteiger partial charge in [-0.1, -0.05) is 41.6 Å². The fourth-order valence-corrected chi connectivity index (χ4v) is 3.85. The molecule has 170 valence electrons. The van der Waals surface area contributed by atoms with Crippen molar-refractivity contribution >= 4 is 35.0 Å². The molecule has 1 heterocycles. The van der Waals surface area contributed by atoms with Crippen molar-refractivity contribution in [3.63, 3.8) is 0 Å². The lowest BCUT2D eigenvalue weighted by Gasteiger charge is -2.15. The van der Waals surface area contributed by atoms with Gasteiger partial charge in [0.2, 0.25) is 5.91 Å². The van der Waals surface area contributed by atoms with Crippen LogP contribution in [0.4, 0.5) is 18.9 Å². The number of benzene rings is 2. The first-order valence-corrected chi connectivity index (χ1v) is 11.0. The van der Waals surface area contributed by atoms with Crippen molar-refractivity contribution in [3.8, 4) is 5.75 Å². The summed E-state index contributed by atoms with van der Waals surface area (Å²) in [5.41, 5.74) is -0.998. The molecule has 0 spiro atoms. The number of nitrogens with one attached hydrogen (secondary N) is 1. The molecule has 1 unspecified atom stereocenters. The highest BCUT2D eigenvalue weighted by Crippen LogP contribution is 2.34. The zero-order chi connectivity index (χ0) is 23.3. The van der Waals surface area contributed by atoms with Gasteiger partial charge in [-0.2, -0.15) is 13.2 Å². The summed E-state index contributed by atoms with van der Waals surface area (Å²) in [4.78, 5) is 12.3. The molecule has 32 heavy (non-hydrogen) atoms. The van der Waals surface area contributed by atoms with E-state index < -0.39 is 17.6 Å². The molecule has 0 aliphatic carbocycles. The first-order chi connectivity index (χ1) is 15.2.